The topological polar surface area (TPSA) is 67.4 Å². The largest absolute Gasteiger partial charge is 0.519 e. The van der Waals surface area contributed by atoms with Gasteiger partial charge in [-0.2, -0.15) is 0 Å². The number of rotatable bonds is 6. The van der Waals surface area contributed by atoms with Crippen molar-refractivity contribution in [3.05, 3.63) is 0 Å². The molecular formula is C11H26N2O3Si2. The highest BCUT2D eigenvalue weighted by Crippen LogP contribution is 2.02. The van der Waals surface area contributed by atoms with E-state index in [9.17, 15) is 9.59 Å². The second-order valence-corrected chi connectivity index (χ2v) is 15.6. The molecule has 0 fully saturated rings. The maximum absolute atomic E-state index is 11.7. The van der Waals surface area contributed by atoms with Crippen LogP contribution in [0, 0.1) is 0 Å². The molecule has 106 valence electrons. The van der Waals surface area contributed by atoms with Crippen LogP contribution in [0.15, 0.2) is 0 Å². The molecule has 0 rings (SSSR count). The van der Waals surface area contributed by atoms with Crippen LogP contribution < -0.4 is 10.3 Å². The number of hydrogen-bond acceptors (Lipinski definition) is 4. The SMILES string of the molecule is CC(N[Si](C)(C)C)C(=O)NCC(=O)O[Si](C)(C)C. The standard InChI is InChI=1S/C11H26N2O3Si2/c1-9(13-17(2,3)4)11(15)12-8-10(14)16-18(5,6)7/h9,13H,8H2,1-7H3,(H,12,15). The maximum atomic E-state index is 11.7. The first kappa shape index (κ1) is 17.3. The summed E-state index contributed by atoms with van der Waals surface area (Å²) >= 11 is 0. The fraction of sp³-hybridized carbons (Fsp3) is 0.818. The predicted octanol–water partition coefficient (Wildman–Crippen LogP) is 1.29. The molecule has 7 heteroatoms. The Balaban J connectivity index is 4.07. The van der Waals surface area contributed by atoms with Gasteiger partial charge in [-0.1, -0.05) is 19.6 Å². The summed E-state index contributed by atoms with van der Waals surface area (Å²) < 4.78 is 5.24. The van der Waals surface area contributed by atoms with Crippen LogP contribution in [0.2, 0.25) is 39.3 Å². The summed E-state index contributed by atoms with van der Waals surface area (Å²) in [4.78, 5) is 26.5. The van der Waals surface area contributed by atoms with Gasteiger partial charge in [-0.3, -0.25) is 9.59 Å². The normalized spacial score (nSPS) is 13.9. The zero-order valence-electron chi connectivity index (χ0n) is 12.5. The van der Waals surface area contributed by atoms with Gasteiger partial charge in [0.05, 0.1) is 6.04 Å². The van der Waals surface area contributed by atoms with Crippen molar-refractivity contribution in [3.8, 4) is 0 Å². The Kier molecular flexibility index (Phi) is 6.25. The van der Waals surface area contributed by atoms with Crippen molar-refractivity contribution in [2.75, 3.05) is 6.54 Å². The molecule has 5 nitrogen and oxygen atoms in total. The lowest BCUT2D eigenvalue weighted by Gasteiger charge is -2.23. The second-order valence-electron chi connectivity index (χ2n) is 6.42. The Hall–Kier alpha value is -0.666. The van der Waals surface area contributed by atoms with Crippen molar-refractivity contribution >= 4 is 28.4 Å². The molecule has 0 spiro atoms. The van der Waals surface area contributed by atoms with E-state index in [4.69, 9.17) is 4.43 Å². The fourth-order valence-electron chi connectivity index (χ4n) is 1.41. The number of nitrogens with one attached hydrogen (secondary N) is 2. The monoisotopic (exact) mass is 290 g/mol. The van der Waals surface area contributed by atoms with E-state index in [2.05, 4.69) is 29.9 Å². The lowest BCUT2D eigenvalue weighted by Crippen LogP contribution is -2.53. The van der Waals surface area contributed by atoms with Crippen LogP contribution in [0.4, 0.5) is 0 Å². The van der Waals surface area contributed by atoms with E-state index in [1.807, 2.05) is 19.6 Å². The van der Waals surface area contributed by atoms with Gasteiger partial charge in [-0.05, 0) is 26.6 Å². The smallest absolute Gasteiger partial charge is 0.312 e. The molecule has 0 aliphatic carbocycles. The minimum Gasteiger partial charge on any atom is -0.519 e. The molecular weight excluding hydrogens is 264 g/mol. The highest BCUT2D eigenvalue weighted by Gasteiger charge is 2.23. The molecule has 0 bridgehead atoms. The van der Waals surface area contributed by atoms with E-state index in [1.54, 1.807) is 6.92 Å². The zero-order chi connectivity index (χ0) is 14.6. The summed E-state index contributed by atoms with van der Waals surface area (Å²) in [7, 11) is -3.36. The first-order valence-corrected chi connectivity index (χ1v) is 13.1. The van der Waals surface area contributed by atoms with Crippen molar-refractivity contribution in [3.63, 3.8) is 0 Å². The van der Waals surface area contributed by atoms with E-state index < -0.39 is 16.6 Å². The van der Waals surface area contributed by atoms with Crippen LogP contribution in [0.5, 0.6) is 0 Å². The van der Waals surface area contributed by atoms with E-state index in [0.29, 0.717) is 0 Å². The lowest BCUT2D eigenvalue weighted by atomic mass is 10.3. The molecule has 0 saturated carbocycles. The average Bonchev–Trinajstić information content (AvgIpc) is 2.08. The minimum atomic E-state index is -1.87. The Bertz CT molecular complexity index is 308. The lowest BCUT2D eigenvalue weighted by molar-refractivity contribution is -0.136. The Morgan fingerprint density at radius 3 is 2.00 bits per heavy atom. The third-order valence-electron chi connectivity index (χ3n) is 1.87. The number of amides is 1. The van der Waals surface area contributed by atoms with Gasteiger partial charge in [0.15, 0.2) is 0 Å². The van der Waals surface area contributed by atoms with Gasteiger partial charge >= 0.3 is 5.97 Å². The van der Waals surface area contributed by atoms with E-state index >= 15 is 0 Å². The summed E-state index contributed by atoms with van der Waals surface area (Å²) in [5.74, 6) is -0.521. The third kappa shape index (κ3) is 9.37. The summed E-state index contributed by atoms with van der Waals surface area (Å²) in [6.07, 6.45) is 0. The van der Waals surface area contributed by atoms with Gasteiger partial charge in [0, 0.05) is 0 Å². The average molecular weight is 291 g/mol. The Morgan fingerprint density at radius 1 is 1.11 bits per heavy atom. The summed E-state index contributed by atoms with van der Waals surface area (Å²) in [6, 6.07) is -0.281. The van der Waals surface area contributed by atoms with E-state index in [1.165, 1.54) is 0 Å². The second kappa shape index (κ2) is 6.49. The predicted molar refractivity (Wildman–Crippen MR) is 78.4 cm³/mol. The molecule has 0 aliphatic heterocycles. The van der Waals surface area contributed by atoms with Gasteiger partial charge in [-0.25, -0.2) is 0 Å². The third-order valence-corrected chi connectivity index (χ3v) is 4.01. The highest BCUT2D eigenvalue weighted by atomic mass is 28.4. The first-order valence-electron chi connectivity index (χ1n) is 6.18. The molecule has 1 unspecified atom stereocenters. The maximum Gasteiger partial charge on any atom is 0.312 e. The van der Waals surface area contributed by atoms with E-state index in [-0.39, 0.29) is 24.5 Å². The fourth-order valence-corrected chi connectivity index (χ4v) is 3.59. The Labute approximate surface area is 112 Å². The van der Waals surface area contributed by atoms with Crippen molar-refractivity contribution in [1.82, 2.24) is 10.3 Å². The molecule has 1 atom stereocenters. The highest BCUT2D eigenvalue weighted by molar-refractivity contribution is 6.73. The summed E-state index contributed by atoms with van der Waals surface area (Å²) in [6.45, 7) is 13.9. The molecule has 0 saturated heterocycles. The van der Waals surface area contributed by atoms with Crippen LogP contribution in [0.25, 0.3) is 0 Å². The van der Waals surface area contributed by atoms with Crippen LogP contribution >= 0.6 is 0 Å². The molecule has 1 amide bonds. The van der Waals surface area contributed by atoms with Crippen molar-refractivity contribution in [2.45, 2.75) is 52.2 Å². The molecule has 18 heavy (non-hydrogen) atoms. The minimum absolute atomic E-state index is 0.0547. The number of hydrogen-bond donors (Lipinski definition) is 2. The summed E-state index contributed by atoms with van der Waals surface area (Å²) in [5, 5.41) is 2.60. The van der Waals surface area contributed by atoms with Crippen LogP contribution in [0.3, 0.4) is 0 Å². The molecule has 0 aromatic rings. The van der Waals surface area contributed by atoms with Crippen LogP contribution in [0.1, 0.15) is 6.92 Å². The first-order chi connectivity index (χ1) is 7.91. The van der Waals surface area contributed by atoms with Crippen molar-refractivity contribution < 1.29 is 14.0 Å². The molecule has 2 N–H and O–H groups in total. The zero-order valence-corrected chi connectivity index (χ0v) is 14.5. The van der Waals surface area contributed by atoms with Gasteiger partial charge < -0.3 is 14.7 Å². The van der Waals surface area contributed by atoms with Gasteiger partial charge in [0.1, 0.15) is 14.8 Å². The quantitative estimate of drug-likeness (QED) is 0.724. The van der Waals surface area contributed by atoms with Crippen molar-refractivity contribution in [1.29, 1.82) is 0 Å². The number of carbonyl (C=O) groups is 2. The van der Waals surface area contributed by atoms with Crippen LogP contribution in [-0.2, 0) is 14.0 Å². The van der Waals surface area contributed by atoms with Gasteiger partial charge in [-0.15, -0.1) is 0 Å². The van der Waals surface area contributed by atoms with Crippen molar-refractivity contribution in [2.24, 2.45) is 0 Å². The molecule has 0 aromatic heterocycles. The summed E-state index contributed by atoms with van der Waals surface area (Å²) in [5.41, 5.74) is 0. The molecule has 0 aromatic carbocycles. The molecule has 0 radical (unpaired) electrons. The van der Waals surface area contributed by atoms with Gasteiger partial charge in [0.2, 0.25) is 14.2 Å². The van der Waals surface area contributed by atoms with E-state index in [0.717, 1.165) is 0 Å². The number of carbonyl (C=O) groups excluding carboxylic acids is 2. The Morgan fingerprint density at radius 2 is 1.61 bits per heavy atom. The van der Waals surface area contributed by atoms with Crippen LogP contribution in [-0.4, -0.2) is 41.0 Å². The molecule has 0 aliphatic rings. The van der Waals surface area contributed by atoms with Gasteiger partial charge in [0.25, 0.3) is 0 Å². The molecule has 0 heterocycles.